The molecule has 0 saturated heterocycles. The molecule has 0 aliphatic rings. The van der Waals surface area contributed by atoms with Crippen molar-refractivity contribution in [1.82, 2.24) is 9.55 Å². The van der Waals surface area contributed by atoms with Crippen LogP contribution in [0.3, 0.4) is 0 Å². The van der Waals surface area contributed by atoms with E-state index in [0.717, 1.165) is 24.2 Å². The maximum atomic E-state index is 15.2. The molecular formula is C26H32FN3O3. The molecule has 0 spiro atoms. The van der Waals surface area contributed by atoms with Crippen molar-refractivity contribution in [3.05, 3.63) is 70.8 Å². The Morgan fingerprint density at radius 3 is 2.61 bits per heavy atom. The van der Waals surface area contributed by atoms with Crippen LogP contribution in [0.25, 0.3) is 11.1 Å². The topological polar surface area (TPSA) is 79.4 Å². The summed E-state index contributed by atoms with van der Waals surface area (Å²) in [6.45, 7) is 7.28. The summed E-state index contributed by atoms with van der Waals surface area (Å²) in [6.07, 6.45) is 2.46. The molecule has 0 saturated carbocycles. The summed E-state index contributed by atoms with van der Waals surface area (Å²) < 4.78 is 28.1. The first-order valence-electron chi connectivity index (χ1n) is 11.5. The number of halogens is 1. The van der Waals surface area contributed by atoms with Gasteiger partial charge in [0.1, 0.15) is 5.82 Å². The lowest BCUT2D eigenvalue weighted by atomic mass is 9.98. The van der Waals surface area contributed by atoms with Crippen LogP contribution in [-0.4, -0.2) is 28.7 Å². The second kappa shape index (κ2) is 11.6. The number of carbonyl (C=O) groups is 1. The lowest BCUT2D eigenvalue weighted by Crippen LogP contribution is -2.13. The number of nitrogens with two attached hydrogens (primary N) is 1. The molecule has 3 aromatic rings. The molecule has 2 aromatic carbocycles. The number of aryl methyl sites for hydroxylation is 1. The first-order valence-corrected chi connectivity index (χ1v) is 11.5. The third-order valence-corrected chi connectivity index (χ3v) is 5.49. The Bertz CT molecular complexity index is 1090. The summed E-state index contributed by atoms with van der Waals surface area (Å²) in [7, 11) is 0. The van der Waals surface area contributed by atoms with Gasteiger partial charge in [0.25, 0.3) is 6.01 Å². The number of aromatic nitrogens is 2. The van der Waals surface area contributed by atoms with Gasteiger partial charge in [0.2, 0.25) is 0 Å². The molecule has 0 radical (unpaired) electrons. The second-order valence-electron chi connectivity index (χ2n) is 7.71. The highest BCUT2D eigenvalue weighted by atomic mass is 19.1. The second-order valence-corrected chi connectivity index (χ2v) is 7.71. The van der Waals surface area contributed by atoms with E-state index in [1.54, 1.807) is 24.3 Å². The molecule has 33 heavy (non-hydrogen) atoms. The third kappa shape index (κ3) is 5.60. The number of hydrogen-bond acceptors (Lipinski definition) is 5. The van der Waals surface area contributed by atoms with E-state index in [1.807, 2.05) is 37.5 Å². The fourth-order valence-electron chi connectivity index (χ4n) is 3.74. The molecule has 1 aromatic heterocycles. The minimum Gasteiger partial charge on any atom is -0.465 e. The monoisotopic (exact) mass is 453 g/mol. The van der Waals surface area contributed by atoms with E-state index in [-0.39, 0.29) is 18.9 Å². The van der Waals surface area contributed by atoms with Crippen LogP contribution < -0.4 is 10.5 Å². The molecule has 0 fully saturated rings. The van der Waals surface area contributed by atoms with Crippen LogP contribution in [0.15, 0.2) is 42.5 Å². The van der Waals surface area contributed by atoms with Gasteiger partial charge < -0.3 is 15.2 Å². The van der Waals surface area contributed by atoms with Crippen molar-refractivity contribution in [1.29, 1.82) is 0 Å². The van der Waals surface area contributed by atoms with Gasteiger partial charge in [-0.2, -0.15) is 4.98 Å². The Balaban J connectivity index is 1.91. The van der Waals surface area contributed by atoms with Gasteiger partial charge in [-0.25, -0.2) is 9.18 Å². The SMILES string of the molecule is CCCCOC(=O)c1ccccc1-c1ccc(Cn2c(OCC)nc(CC)c2CN)c(F)c1. The van der Waals surface area contributed by atoms with Crippen LogP contribution in [0.4, 0.5) is 4.39 Å². The molecular weight excluding hydrogens is 421 g/mol. The van der Waals surface area contributed by atoms with Gasteiger partial charge in [0.05, 0.1) is 36.7 Å². The largest absolute Gasteiger partial charge is 0.465 e. The summed E-state index contributed by atoms with van der Waals surface area (Å²) in [4.78, 5) is 17.1. The maximum absolute atomic E-state index is 15.2. The van der Waals surface area contributed by atoms with Crippen LogP contribution >= 0.6 is 0 Å². The molecule has 0 aliphatic carbocycles. The fraction of sp³-hybridized carbons (Fsp3) is 0.385. The molecule has 2 N–H and O–H groups in total. The molecule has 3 rings (SSSR count). The predicted octanol–water partition coefficient (Wildman–Crippen LogP) is 5.11. The first kappa shape index (κ1) is 24.5. The van der Waals surface area contributed by atoms with E-state index in [4.69, 9.17) is 15.2 Å². The molecule has 0 amide bonds. The molecule has 7 heteroatoms. The summed E-state index contributed by atoms with van der Waals surface area (Å²) in [5.74, 6) is -0.776. The normalized spacial score (nSPS) is 10.9. The van der Waals surface area contributed by atoms with Crippen molar-refractivity contribution in [2.45, 2.75) is 53.1 Å². The van der Waals surface area contributed by atoms with Gasteiger partial charge in [-0.15, -0.1) is 0 Å². The molecule has 0 unspecified atom stereocenters. The molecule has 6 nitrogen and oxygen atoms in total. The van der Waals surface area contributed by atoms with Crippen molar-refractivity contribution in [2.75, 3.05) is 13.2 Å². The van der Waals surface area contributed by atoms with Crippen molar-refractivity contribution in [2.24, 2.45) is 5.73 Å². The Labute approximate surface area is 194 Å². The zero-order chi connectivity index (χ0) is 23.8. The highest BCUT2D eigenvalue weighted by Gasteiger charge is 2.19. The third-order valence-electron chi connectivity index (χ3n) is 5.49. The quantitative estimate of drug-likeness (QED) is 0.322. The number of esters is 1. The van der Waals surface area contributed by atoms with E-state index in [2.05, 4.69) is 4.98 Å². The number of carbonyl (C=O) groups excluding carboxylic acids is 1. The van der Waals surface area contributed by atoms with Crippen LogP contribution in [0.2, 0.25) is 0 Å². The number of nitrogens with zero attached hydrogens (tertiary/aromatic N) is 2. The Kier molecular flexibility index (Phi) is 8.60. The minimum atomic E-state index is -0.400. The number of imidazole rings is 1. The number of rotatable bonds is 11. The highest BCUT2D eigenvalue weighted by Crippen LogP contribution is 2.28. The molecule has 0 bridgehead atoms. The first-order chi connectivity index (χ1) is 16.0. The summed E-state index contributed by atoms with van der Waals surface area (Å²) in [5.41, 5.74) is 9.81. The summed E-state index contributed by atoms with van der Waals surface area (Å²) in [5, 5.41) is 0. The lowest BCUT2D eigenvalue weighted by molar-refractivity contribution is 0.0500. The van der Waals surface area contributed by atoms with E-state index in [1.165, 1.54) is 6.07 Å². The van der Waals surface area contributed by atoms with Crippen LogP contribution in [0, 0.1) is 5.82 Å². The number of hydrogen-bond donors (Lipinski definition) is 1. The smallest absolute Gasteiger partial charge is 0.338 e. The number of ether oxygens (including phenoxy) is 2. The minimum absolute atomic E-state index is 0.252. The standard InChI is InChI=1S/C26H32FN3O3/c1-4-7-14-33-25(31)21-11-9-8-10-20(21)18-12-13-19(22(27)15-18)17-30-24(16-28)23(5-2)29-26(30)32-6-3/h8-13,15H,4-7,14,16-17,28H2,1-3H3. The molecule has 176 valence electrons. The van der Waals surface area contributed by atoms with Crippen molar-refractivity contribution >= 4 is 5.97 Å². The van der Waals surface area contributed by atoms with E-state index in [9.17, 15) is 4.79 Å². The zero-order valence-corrected chi connectivity index (χ0v) is 19.6. The Morgan fingerprint density at radius 2 is 1.94 bits per heavy atom. The fourth-order valence-corrected chi connectivity index (χ4v) is 3.74. The summed E-state index contributed by atoms with van der Waals surface area (Å²) >= 11 is 0. The average Bonchev–Trinajstić information content (AvgIpc) is 3.16. The van der Waals surface area contributed by atoms with Gasteiger partial charge >= 0.3 is 5.97 Å². The van der Waals surface area contributed by atoms with E-state index in [0.29, 0.717) is 47.9 Å². The summed E-state index contributed by atoms with van der Waals surface area (Å²) in [6, 6.07) is 12.5. The van der Waals surface area contributed by atoms with E-state index >= 15 is 4.39 Å². The average molecular weight is 454 g/mol. The zero-order valence-electron chi connectivity index (χ0n) is 19.6. The predicted molar refractivity (Wildman–Crippen MR) is 127 cm³/mol. The highest BCUT2D eigenvalue weighted by molar-refractivity contribution is 5.97. The van der Waals surface area contributed by atoms with Gasteiger partial charge in [-0.05, 0) is 43.0 Å². The Hall–Kier alpha value is -3.19. The van der Waals surface area contributed by atoms with Crippen LogP contribution in [-0.2, 0) is 24.2 Å². The molecule has 0 atom stereocenters. The number of unbranched alkanes of at least 4 members (excludes halogenated alkanes) is 1. The van der Waals surface area contributed by atoms with E-state index < -0.39 is 5.97 Å². The Morgan fingerprint density at radius 1 is 1.15 bits per heavy atom. The van der Waals surface area contributed by atoms with Crippen LogP contribution in [0.5, 0.6) is 6.01 Å². The van der Waals surface area contributed by atoms with Gasteiger partial charge in [-0.3, -0.25) is 4.57 Å². The molecule has 0 aliphatic heterocycles. The number of benzene rings is 2. The van der Waals surface area contributed by atoms with Crippen molar-refractivity contribution in [3.8, 4) is 17.1 Å². The molecule has 1 heterocycles. The van der Waals surface area contributed by atoms with Crippen LogP contribution in [0.1, 0.15) is 60.9 Å². The van der Waals surface area contributed by atoms with Gasteiger partial charge in [0.15, 0.2) is 0 Å². The van der Waals surface area contributed by atoms with Gasteiger partial charge in [-0.1, -0.05) is 50.6 Å². The van der Waals surface area contributed by atoms with Crippen molar-refractivity contribution < 1.29 is 18.7 Å². The van der Waals surface area contributed by atoms with Gasteiger partial charge in [0, 0.05) is 12.1 Å². The lowest BCUT2D eigenvalue weighted by Gasteiger charge is -2.14. The van der Waals surface area contributed by atoms with Crippen molar-refractivity contribution in [3.63, 3.8) is 0 Å². The maximum Gasteiger partial charge on any atom is 0.338 e.